The van der Waals surface area contributed by atoms with Gasteiger partial charge >= 0.3 is 12.1 Å². The topological polar surface area (TPSA) is 43.4 Å². The summed E-state index contributed by atoms with van der Waals surface area (Å²) in [6, 6.07) is 4.57. The first kappa shape index (κ1) is 18.5. The molecule has 1 aromatic rings. The van der Waals surface area contributed by atoms with Crippen molar-refractivity contribution in [3.8, 4) is 0 Å². The zero-order valence-electron chi connectivity index (χ0n) is 13.6. The van der Waals surface area contributed by atoms with E-state index in [1.54, 1.807) is 0 Å². The monoisotopic (exact) mass is 342 g/mol. The SMILES string of the molecule is COC(=O)C1(CC(=O)Cc2ccc(C(F)(F)F)cc2)CCCCC1. The van der Waals surface area contributed by atoms with E-state index in [0.29, 0.717) is 18.4 Å². The van der Waals surface area contributed by atoms with E-state index in [4.69, 9.17) is 4.74 Å². The fraction of sp³-hybridized carbons (Fsp3) is 0.556. The van der Waals surface area contributed by atoms with E-state index in [1.807, 2.05) is 0 Å². The lowest BCUT2D eigenvalue weighted by atomic mass is 9.70. The van der Waals surface area contributed by atoms with Crippen molar-refractivity contribution in [2.45, 2.75) is 51.1 Å². The highest BCUT2D eigenvalue weighted by Gasteiger charge is 2.42. The lowest BCUT2D eigenvalue weighted by Gasteiger charge is -2.33. The van der Waals surface area contributed by atoms with E-state index in [1.165, 1.54) is 19.2 Å². The minimum atomic E-state index is -4.39. The molecule has 0 aliphatic heterocycles. The highest BCUT2D eigenvalue weighted by molar-refractivity contribution is 5.88. The summed E-state index contributed by atoms with van der Waals surface area (Å²) in [5, 5.41) is 0. The number of methoxy groups -OCH3 is 1. The van der Waals surface area contributed by atoms with Crippen molar-refractivity contribution in [3.05, 3.63) is 35.4 Å². The third kappa shape index (κ3) is 4.36. The Hall–Kier alpha value is -1.85. The van der Waals surface area contributed by atoms with Gasteiger partial charge in [0.1, 0.15) is 5.78 Å². The molecule has 0 amide bonds. The number of carbonyl (C=O) groups excluding carboxylic acids is 2. The second-order valence-electron chi connectivity index (χ2n) is 6.42. The first-order valence-electron chi connectivity index (χ1n) is 8.03. The molecule has 1 saturated carbocycles. The average molecular weight is 342 g/mol. The summed E-state index contributed by atoms with van der Waals surface area (Å²) in [4.78, 5) is 24.5. The molecule has 0 bridgehead atoms. The average Bonchev–Trinajstić information content (AvgIpc) is 2.54. The number of alkyl halides is 3. The Morgan fingerprint density at radius 3 is 2.17 bits per heavy atom. The van der Waals surface area contributed by atoms with E-state index >= 15 is 0 Å². The summed E-state index contributed by atoms with van der Waals surface area (Å²) >= 11 is 0. The molecule has 0 unspecified atom stereocenters. The summed E-state index contributed by atoms with van der Waals surface area (Å²) in [6.45, 7) is 0. The van der Waals surface area contributed by atoms with Crippen LogP contribution in [0.25, 0.3) is 0 Å². The molecule has 1 aliphatic rings. The van der Waals surface area contributed by atoms with Crippen molar-refractivity contribution in [3.63, 3.8) is 0 Å². The molecule has 2 rings (SSSR count). The summed E-state index contributed by atoms with van der Waals surface area (Å²) in [6.07, 6.45) is -0.245. The third-order valence-corrected chi connectivity index (χ3v) is 4.65. The van der Waals surface area contributed by atoms with Gasteiger partial charge in [0.2, 0.25) is 0 Å². The van der Waals surface area contributed by atoms with Gasteiger partial charge in [-0.05, 0) is 30.5 Å². The maximum absolute atomic E-state index is 12.6. The smallest absolute Gasteiger partial charge is 0.416 e. The Balaban J connectivity index is 2.04. The predicted octanol–water partition coefficient (Wildman–Crippen LogP) is 4.33. The van der Waals surface area contributed by atoms with E-state index < -0.39 is 17.2 Å². The molecule has 0 aromatic heterocycles. The normalized spacial score (nSPS) is 17.3. The van der Waals surface area contributed by atoms with Crippen molar-refractivity contribution in [2.24, 2.45) is 5.41 Å². The van der Waals surface area contributed by atoms with Crippen LogP contribution in [0.4, 0.5) is 13.2 Å². The molecular formula is C18H21F3O3. The van der Waals surface area contributed by atoms with Crippen LogP contribution in [0.1, 0.15) is 49.7 Å². The molecular weight excluding hydrogens is 321 g/mol. The standard InChI is InChI=1S/C18H21F3O3/c1-24-16(23)17(9-3-2-4-10-17)12-15(22)11-13-5-7-14(8-6-13)18(19,20)21/h5-8H,2-4,9-12H2,1H3. The summed E-state index contributed by atoms with van der Waals surface area (Å²) in [5.74, 6) is -0.509. The van der Waals surface area contributed by atoms with Crippen LogP contribution in [-0.4, -0.2) is 18.9 Å². The number of rotatable bonds is 5. The minimum absolute atomic E-state index is 0.0247. The number of hydrogen-bond acceptors (Lipinski definition) is 3. The minimum Gasteiger partial charge on any atom is -0.469 e. The van der Waals surface area contributed by atoms with E-state index in [-0.39, 0.29) is 24.6 Å². The molecule has 6 heteroatoms. The van der Waals surface area contributed by atoms with E-state index in [9.17, 15) is 22.8 Å². The summed E-state index contributed by atoms with van der Waals surface area (Å²) < 4.78 is 42.5. The van der Waals surface area contributed by atoms with Gasteiger partial charge < -0.3 is 4.74 Å². The molecule has 3 nitrogen and oxygen atoms in total. The fourth-order valence-electron chi connectivity index (χ4n) is 3.38. The van der Waals surface area contributed by atoms with Crippen LogP contribution in [0.5, 0.6) is 0 Å². The van der Waals surface area contributed by atoms with Crippen LogP contribution in [0.15, 0.2) is 24.3 Å². The summed E-state index contributed by atoms with van der Waals surface area (Å²) in [7, 11) is 1.32. The maximum atomic E-state index is 12.6. The molecule has 1 fully saturated rings. The molecule has 0 radical (unpaired) electrons. The van der Waals surface area contributed by atoms with Crippen molar-refractivity contribution in [2.75, 3.05) is 7.11 Å². The van der Waals surface area contributed by atoms with Crippen LogP contribution in [0, 0.1) is 5.41 Å². The van der Waals surface area contributed by atoms with Crippen molar-refractivity contribution in [1.82, 2.24) is 0 Å². The number of carbonyl (C=O) groups is 2. The van der Waals surface area contributed by atoms with Gasteiger partial charge in [-0.15, -0.1) is 0 Å². The predicted molar refractivity (Wildman–Crippen MR) is 82.3 cm³/mol. The van der Waals surface area contributed by atoms with Gasteiger partial charge in [-0.25, -0.2) is 0 Å². The van der Waals surface area contributed by atoms with Gasteiger partial charge in [-0.3, -0.25) is 9.59 Å². The quantitative estimate of drug-likeness (QED) is 0.748. The Labute approximate surface area is 139 Å². The second kappa shape index (κ2) is 7.36. The van der Waals surface area contributed by atoms with Gasteiger partial charge in [0.05, 0.1) is 18.1 Å². The lowest BCUT2D eigenvalue weighted by molar-refractivity contribution is -0.157. The van der Waals surface area contributed by atoms with Crippen LogP contribution in [-0.2, 0) is 26.9 Å². The Bertz CT molecular complexity index is 585. The number of halogens is 3. The Kier molecular flexibility index (Phi) is 5.67. The van der Waals surface area contributed by atoms with Gasteiger partial charge in [-0.1, -0.05) is 31.4 Å². The Morgan fingerprint density at radius 2 is 1.67 bits per heavy atom. The molecule has 24 heavy (non-hydrogen) atoms. The van der Waals surface area contributed by atoms with E-state index in [0.717, 1.165) is 31.4 Å². The molecule has 0 N–H and O–H groups in total. The Morgan fingerprint density at radius 1 is 1.08 bits per heavy atom. The van der Waals surface area contributed by atoms with Gasteiger partial charge in [0.25, 0.3) is 0 Å². The first-order chi connectivity index (χ1) is 11.3. The van der Waals surface area contributed by atoms with Crippen LogP contribution >= 0.6 is 0 Å². The zero-order chi connectivity index (χ0) is 17.8. The van der Waals surface area contributed by atoms with Gasteiger partial charge in [0, 0.05) is 12.8 Å². The molecule has 132 valence electrons. The number of Topliss-reactive ketones (excluding diaryl/α,β-unsaturated/α-hetero) is 1. The van der Waals surface area contributed by atoms with E-state index in [2.05, 4.69) is 0 Å². The molecule has 1 aromatic carbocycles. The largest absolute Gasteiger partial charge is 0.469 e. The van der Waals surface area contributed by atoms with Crippen LogP contribution in [0.3, 0.4) is 0 Å². The number of benzene rings is 1. The molecule has 0 heterocycles. The van der Waals surface area contributed by atoms with Crippen molar-refractivity contribution >= 4 is 11.8 Å². The van der Waals surface area contributed by atoms with Crippen LogP contribution < -0.4 is 0 Å². The highest BCUT2D eigenvalue weighted by atomic mass is 19.4. The van der Waals surface area contributed by atoms with Gasteiger partial charge in [-0.2, -0.15) is 13.2 Å². The second-order valence-corrected chi connectivity index (χ2v) is 6.42. The number of ketones is 1. The third-order valence-electron chi connectivity index (χ3n) is 4.65. The van der Waals surface area contributed by atoms with Crippen molar-refractivity contribution < 1.29 is 27.5 Å². The number of esters is 1. The van der Waals surface area contributed by atoms with Crippen LogP contribution in [0.2, 0.25) is 0 Å². The van der Waals surface area contributed by atoms with Crippen molar-refractivity contribution in [1.29, 1.82) is 0 Å². The molecule has 0 atom stereocenters. The maximum Gasteiger partial charge on any atom is 0.416 e. The van der Waals surface area contributed by atoms with Gasteiger partial charge in [0.15, 0.2) is 0 Å². The zero-order valence-corrected chi connectivity index (χ0v) is 13.6. The summed E-state index contributed by atoms with van der Waals surface area (Å²) in [5.41, 5.74) is -0.989. The highest BCUT2D eigenvalue weighted by Crippen LogP contribution is 2.41. The number of hydrogen-bond donors (Lipinski definition) is 0. The molecule has 0 spiro atoms. The molecule has 1 aliphatic carbocycles. The molecule has 0 saturated heterocycles. The first-order valence-corrected chi connectivity index (χ1v) is 8.03. The fourth-order valence-corrected chi connectivity index (χ4v) is 3.38. The lowest BCUT2D eigenvalue weighted by Crippen LogP contribution is -2.37. The number of ether oxygens (including phenoxy) is 1.